The first-order valence-corrected chi connectivity index (χ1v) is 9.36. The van der Waals surface area contributed by atoms with Crippen LogP contribution in [0.25, 0.3) is 22.6 Å². The summed E-state index contributed by atoms with van der Waals surface area (Å²) in [6, 6.07) is 5.74. The Morgan fingerprint density at radius 1 is 1.28 bits per heavy atom. The Morgan fingerprint density at radius 2 is 2.09 bits per heavy atom. The average molecular weight is 445 g/mol. The molecule has 3 heterocycles. The molecule has 3 aromatic rings. The highest BCUT2D eigenvalue weighted by Gasteiger charge is 2.35. The van der Waals surface area contributed by atoms with E-state index in [4.69, 9.17) is 4.74 Å². The predicted octanol–water partition coefficient (Wildman–Crippen LogP) is 1.90. The van der Waals surface area contributed by atoms with E-state index in [0.717, 1.165) is 4.90 Å². The highest BCUT2D eigenvalue weighted by atomic mass is 19.2. The van der Waals surface area contributed by atoms with Gasteiger partial charge in [0.1, 0.15) is 11.8 Å². The van der Waals surface area contributed by atoms with Crippen molar-refractivity contribution in [3.05, 3.63) is 42.1 Å². The maximum absolute atomic E-state index is 14.9. The number of pyridine rings is 1. The lowest BCUT2D eigenvalue weighted by Crippen LogP contribution is -2.34. The van der Waals surface area contributed by atoms with Crippen molar-refractivity contribution >= 4 is 17.9 Å². The molecular formula is C19H17F2N7O4. The topological polar surface area (TPSA) is 124 Å². The van der Waals surface area contributed by atoms with E-state index in [1.54, 1.807) is 19.2 Å². The van der Waals surface area contributed by atoms with Crippen molar-refractivity contribution in [2.24, 2.45) is 7.05 Å². The van der Waals surface area contributed by atoms with Gasteiger partial charge in [-0.3, -0.25) is 9.88 Å². The molecule has 1 atom stereocenters. The molecule has 13 heteroatoms. The number of tetrazole rings is 1. The van der Waals surface area contributed by atoms with Crippen LogP contribution in [-0.4, -0.2) is 63.7 Å². The van der Waals surface area contributed by atoms with Crippen molar-refractivity contribution in [3.63, 3.8) is 0 Å². The van der Waals surface area contributed by atoms with Gasteiger partial charge in [0.05, 0.1) is 32.9 Å². The molecule has 166 valence electrons. The predicted molar refractivity (Wildman–Crippen MR) is 105 cm³/mol. The van der Waals surface area contributed by atoms with Crippen LogP contribution < -0.4 is 10.2 Å². The number of cyclic esters (lactones) is 1. The number of carbonyl (C=O) groups excluding carboxylic acids is 2. The summed E-state index contributed by atoms with van der Waals surface area (Å²) in [6.45, 7) is -0.102. The molecule has 0 radical (unpaired) electrons. The first-order valence-electron chi connectivity index (χ1n) is 9.36. The van der Waals surface area contributed by atoms with Crippen LogP contribution in [0.1, 0.15) is 0 Å². The standard InChI is InChI=1S/C19H17F2N7O4/c1-27-25-17(24-26-27)13-5-3-10(7-22-13)12-4-6-14(16(21)15(12)20)28-9-11(32-19(28)30)8-23-18(29)31-2/h3-7,11H,8-9H2,1-2H3,(H,23,29)/t11-/m0/s1. The van der Waals surface area contributed by atoms with E-state index in [-0.39, 0.29) is 24.3 Å². The minimum absolute atomic E-state index is 0.0320. The van der Waals surface area contributed by atoms with Gasteiger partial charge in [-0.2, -0.15) is 4.80 Å². The van der Waals surface area contributed by atoms with E-state index in [2.05, 4.69) is 30.4 Å². The summed E-state index contributed by atoms with van der Waals surface area (Å²) >= 11 is 0. The lowest BCUT2D eigenvalue weighted by atomic mass is 10.1. The third kappa shape index (κ3) is 4.04. The van der Waals surface area contributed by atoms with E-state index in [9.17, 15) is 18.4 Å². The number of anilines is 1. The minimum Gasteiger partial charge on any atom is -0.453 e. The maximum Gasteiger partial charge on any atom is 0.414 e. The van der Waals surface area contributed by atoms with Crippen molar-refractivity contribution < 1.29 is 27.8 Å². The SMILES string of the molecule is COC(=O)NC[C@H]1CN(c2ccc(-c3ccc(-c4nnn(C)n4)nc3)c(F)c2F)C(=O)O1. The molecule has 1 saturated heterocycles. The molecule has 32 heavy (non-hydrogen) atoms. The third-order valence-electron chi connectivity index (χ3n) is 4.70. The fourth-order valence-corrected chi connectivity index (χ4v) is 3.14. The second-order valence-electron chi connectivity index (χ2n) is 6.78. The highest BCUT2D eigenvalue weighted by molar-refractivity contribution is 5.90. The normalized spacial score (nSPS) is 15.6. The van der Waals surface area contributed by atoms with Gasteiger partial charge >= 0.3 is 12.2 Å². The van der Waals surface area contributed by atoms with Gasteiger partial charge in [-0.1, -0.05) is 6.07 Å². The van der Waals surface area contributed by atoms with Gasteiger partial charge in [-0.05, 0) is 23.4 Å². The Hall–Kier alpha value is -4.16. The van der Waals surface area contributed by atoms with E-state index >= 15 is 0 Å². The summed E-state index contributed by atoms with van der Waals surface area (Å²) in [6.07, 6.45) is -0.928. The van der Waals surface area contributed by atoms with Crippen molar-refractivity contribution in [1.29, 1.82) is 0 Å². The summed E-state index contributed by atoms with van der Waals surface area (Å²) in [4.78, 5) is 29.7. The molecule has 0 unspecified atom stereocenters. The smallest absolute Gasteiger partial charge is 0.414 e. The number of rotatable bonds is 5. The van der Waals surface area contributed by atoms with Crippen LogP contribution in [0.15, 0.2) is 30.5 Å². The molecule has 1 fully saturated rings. The van der Waals surface area contributed by atoms with Gasteiger partial charge in [0.2, 0.25) is 5.82 Å². The van der Waals surface area contributed by atoms with Crippen LogP contribution in [0.5, 0.6) is 0 Å². The van der Waals surface area contributed by atoms with Gasteiger partial charge in [0.15, 0.2) is 11.6 Å². The molecular weight excluding hydrogens is 428 g/mol. The molecule has 1 aliphatic heterocycles. The Kier molecular flexibility index (Phi) is 5.62. The Bertz CT molecular complexity index is 1170. The Labute approximate surface area is 179 Å². The number of alkyl carbamates (subject to hydrolysis) is 1. The molecule has 0 spiro atoms. The quantitative estimate of drug-likeness (QED) is 0.632. The fourth-order valence-electron chi connectivity index (χ4n) is 3.14. The second kappa shape index (κ2) is 8.53. The van der Waals surface area contributed by atoms with Gasteiger partial charge in [0, 0.05) is 17.3 Å². The van der Waals surface area contributed by atoms with Crippen LogP contribution >= 0.6 is 0 Å². The van der Waals surface area contributed by atoms with E-state index < -0.39 is 29.9 Å². The van der Waals surface area contributed by atoms with Crippen LogP contribution in [0, 0.1) is 11.6 Å². The first-order chi connectivity index (χ1) is 15.4. The number of hydrogen-bond acceptors (Lipinski definition) is 8. The maximum atomic E-state index is 14.9. The van der Waals surface area contributed by atoms with Crippen molar-refractivity contribution in [1.82, 2.24) is 30.5 Å². The molecule has 2 amide bonds. The van der Waals surface area contributed by atoms with Gasteiger partial charge in [-0.25, -0.2) is 18.4 Å². The molecule has 2 aromatic heterocycles. The molecule has 1 N–H and O–H groups in total. The van der Waals surface area contributed by atoms with E-state index in [0.29, 0.717) is 17.1 Å². The molecule has 11 nitrogen and oxygen atoms in total. The summed E-state index contributed by atoms with van der Waals surface area (Å²) < 4.78 is 39.2. The average Bonchev–Trinajstić information content (AvgIpc) is 3.39. The number of benzene rings is 1. The molecule has 1 aromatic carbocycles. The number of nitrogens with zero attached hydrogens (tertiary/aromatic N) is 6. The Morgan fingerprint density at radius 3 is 2.75 bits per heavy atom. The van der Waals surface area contributed by atoms with E-state index in [1.165, 1.54) is 30.2 Å². The summed E-state index contributed by atoms with van der Waals surface area (Å²) in [7, 11) is 2.80. The Balaban J connectivity index is 1.53. The zero-order valence-corrected chi connectivity index (χ0v) is 17.0. The van der Waals surface area contributed by atoms with Gasteiger partial charge < -0.3 is 14.8 Å². The number of nitrogens with one attached hydrogen (secondary N) is 1. The van der Waals surface area contributed by atoms with Gasteiger partial charge in [0.25, 0.3) is 0 Å². The minimum atomic E-state index is -1.21. The largest absolute Gasteiger partial charge is 0.453 e. The summed E-state index contributed by atoms with van der Waals surface area (Å²) in [5.74, 6) is -2.05. The number of aryl methyl sites for hydroxylation is 1. The molecule has 0 aliphatic carbocycles. The lowest BCUT2D eigenvalue weighted by molar-refractivity contribution is 0.132. The monoisotopic (exact) mass is 445 g/mol. The molecule has 0 saturated carbocycles. The van der Waals surface area contributed by atoms with Gasteiger partial charge in [-0.15, -0.1) is 10.2 Å². The van der Waals surface area contributed by atoms with Crippen LogP contribution in [0.4, 0.5) is 24.1 Å². The van der Waals surface area contributed by atoms with Crippen molar-refractivity contribution in [2.45, 2.75) is 6.10 Å². The molecule has 4 rings (SSSR count). The van der Waals surface area contributed by atoms with Crippen LogP contribution in [0.3, 0.4) is 0 Å². The second-order valence-corrected chi connectivity index (χ2v) is 6.78. The zero-order valence-electron chi connectivity index (χ0n) is 17.0. The number of aromatic nitrogens is 5. The number of halogens is 2. The fraction of sp³-hybridized carbons (Fsp3) is 0.263. The molecule has 0 bridgehead atoms. The molecule has 1 aliphatic rings. The van der Waals surface area contributed by atoms with Crippen molar-refractivity contribution in [3.8, 4) is 22.6 Å². The summed E-state index contributed by atoms with van der Waals surface area (Å²) in [5, 5.41) is 14.0. The number of carbonyl (C=O) groups is 2. The lowest BCUT2D eigenvalue weighted by Gasteiger charge is -2.16. The highest BCUT2D eigenvalue weighted by Crippen LogP contribution is 2.32. The van der Waals surface area contributed by atoms with E-state index in [1.807, 2.05) is 0 Å². The van der Waals surface area contributed by atoms with Crippen LogP contribution in [0.2, 0.25) is 0 Å². The van der Waals surface area contributed by atoms with Crippen LogP contribution in [-0.2, 0) is 16.5 Å². The van der Waals surface area contributed by atoms with Crippen molar-refractivity contribution in [2.75, 3.05) is 25.1 Å². The first kappa shape index (κ1) is 21.1. The zero-order chi connectivity index (χ0) is 22.8. The number of ether oxygens (including phenoxy) is 2. The summed E-state index contributed by atoms with van der Waals surface area (Å²) in [5.41, 5.74) is 0.439. The number of methoxy groups -OCH3 is 1. The number of hydrogen-bond donors (Lipinski definition) is 1. The third-order valence-corrected chi connectivity index (χ3v) is 4.70. The number of amides is 2.